The Morgan fingerprint density at radius 1 is 0.667 bits per heavy atom. The maximum Gasteiger partial charge on any atom is 0.335 e. The second-order valence-corrected chi connectivity index (χ2v) is 7.99. The number of imide groups is 1. The molecule has 39 heavy (non-hydrogen) atoms. The zero-order valence-corrected chi connectivity index (χ0v) is 22.1. The van der Waals surface area contributed by atoms with Gasteiger partial charge in [-0.2, -0.15) is 0 Å². The van der Waals surface area contributed by atoms with Crippen LogP contribution in [0.15, 0.2) is 24.3 Å². The van der Waals surface area contributed by atoms with Crippen molar-refractivity contribution in [3.05, 3.63) is 29.8 Å². The van der Waals surface area contributed by atoms with Gasteiger partial charge in [-0.25, -0.2) is 4.79 Å². The third-order valence-electron chi connectivity index (χ3n) is 5.03. The van der Waals surface area contributed by atoms with Crippen LogP contribution >= 0.6 is 0 Å². The SMILES string of the molecule is C#Cc1ccc(OCCOCCOCCOCCOCCOCCOCCC(=O)ON2C(=O)CCC2=O)cc1. The van der Waals surface area contributed by atoms with Gasteiger partial charge < -0.3 is 38.0 Å². The summed E-state index contributed by atoms with van der Waals surface area (Å²) in [5.41, 5.74) is 0.813. The standard InChI is InChI=1S/C27H37NO11/c1-2-23-3-5-24(6-4-23)38-22-21-37-20-19-36-18-17-35-16-15-34-14-13-33-12-11-32-10-9-27(31)39-28-25(29)7-8-26(28)30/h1,3-6H,7-22H2. The quantitative estimate of drug-likeness (QED) is 0.110. The molecule has 0 radical (unpaired) electrons. The molecule has 0 N–H and O–H groups in total. The Morgan fingerprint density at radius 2 is 1.08 bits per heavy atom. The number of hydroxylamine groups is 2. The predicted octanol–water partition coefficient (Wildman–Crippen LogP) is 1.14. The summed E-state index contributed by atoms with van der Waals surface area (Å²) in [5.74, 6) is 1.59. The van der Waals surface area contributed by atoms with Gasteiger partial charge in [0.2, 0.25) is 0 Å². The van der Waals surface area contributed by atoms with E-state index in [2.05, 4.69) is 5.92 Å². The fourth-order valence-electron chi connectivity index (χ4n) is 3.03. The van der Waals surface area contributed by atoms with Crippen molar-refractivity contribution >= 4 is 17.8 Å². The number of terminal acetylenes is 1. The van der Waals surface area contributed by atoms with E-state index >= 15 is 0 Å². The summed E-state index contributed by atoms with van der Waals surface area (Å²) in [5, 5.41) is 0.519. The van der Waals surface area contributed by atoms with Crippen molar-refractivity contribution in [2.75, 3.05) is 85.9 Å². The molecule has 1 aliphatic heterocycles. The average Bonchev–Trinajstić information content (AvgIpc) is 3.26. The van der Waals surface area contributed by atoms with E-state index in [0.29, 0.717) is 84.3 Å². The van der Waals surface area contributed by atoms with Crippen LogP contribution in [0.25, 0.3) is 0 Å². The largest absolute Gasteiger partial charge is 0.491 e. The van der Waals surface area contributed by atoms with E-state index in [-0.39, 0.29) is 25.9 Å². The first-order chi connectivity index (χ1) is 19.1. The van der Waals surface area contributed by atoms with E-state index in [0.717, 1.165) is 11.3 Å². The normalized spacial score (nSPS) is 13.1. The first-order valence-corrected chi connectivity index (χ1v) is 12.8. The molecule has 12 heteroatoms. The summed E-state index contributed by atoms with van der Waals surface area (Å²) in [4.78, 5) is 39.1. The molecular formula is C27H37NO11. The molecule has 12 nitrogen and oxygen atoms in total. The molecule has 1 saturated heterocycles. The van der Waals surface area contributed by atoms with E-state index in [1.165, 1.54) is 0 Å². The molecule has 0 saturated carbocycles. The van der Waals surface area contributed by atoms with Crippen molar-refractivity contribution in [1.29, 1.82) is 0 Å². The Morgan fingerprint density at radius 3 is 1.51 bits per heavy atom. The number of rotatable bonds is 23. The van der Waals surface area contributed by atoms with Crippen molar-refractivity contribution in [2.45, 2.75) is 19.3 Å². The first kappa shape index (κ1) is 32.2. The van der Waals surface area contributed by atoms with Crippen LogP contribution in [0.2, 0.25) is 0 Å². The highest BCUT2D eigenvalue weighted by Gasteiger charge is 2.32. The Kier molecular flexibility index (Phi) is 17.2. The molecule has 2 rings (SSSR count). The number of hydrogen-bond acceptors (Lipinski definition) is 11. The molecule has 1 aliphatic rings. The molecule has 0 spiro atoms. The molecule has 2 amide bonds. The van der Waals surface area contributed by atoms with Crippen molar-refractivity contribution in [3.8, 4) is 18.1 Å². The molecule has 0 bridgehead atoms. The van der Waals surface area contributed by atoms with Crippen molar-refractivity contribution in [3.63, 3.8) is 0 Å². The van der Waals surface area contributed by atoms with Crippen LogP contribution in [0.4, 0.5) is 0 Å². The van der Waals surface area contributed by atoms with Gasteiger partial charge in [0.05, 0.1) is 85.7 Å². The lowest BCUT2D eigenvalue weighted by molar-refractivity contribution is -0.198. The van der Waals surface area contributed by atoms with E-state index in [4.69, 9.17) is 44.4 Å². The second-order valence-electron chi connectivity index (χ2n) is 7.99. The Hall–Kier alpha value is -3.05. The fourth-order valence-corrected chi connectivity index (χ4v) is 3.03. The Balaban J connectivity index is 1.23. The van der Waals surface area contributed by atoms with Crippen LogP contribution in [0.1, 0.15) is 24.8 Å². The van der Waals surface area contributed by atoms with E-state index < -0.39 is 17.8 Å². The maximum atomic E-state index is 11.6. The summed E-state index contributed by atoms with van der Waals surface area (Å²) in [7, 11) is 0. The first-order valence-electron chi connectivity index (χ1n) is 12.8. The summed E-state index contributed by atoms with van der Waals surface area (Å²) in [6.07, 6.45) is 5.37. The number of carbonyl (C=O) groups excluding carboxylic acids is 3. The van der Waals surface area contributed by atoms with Gasteiger partial charge in [-0.1, -0.05) is 5.92 Å². The lowest BCUT2D eigenvalue weighted by Crippen LogP contribution is -2.32. The summed E-state index contributed by atoms with van der Waals surface area (Å²) in [6.45, 7) is 5.24. The number of benzene rings is 1. The topological polar surface area (TPSA) is 128 Å². The van der Waals surface area contributed by atoms with Gasteiger partial charge in [-0.3, -0.25) is 9.59 Å². The fraction of sp³-hybridized carbons (Fsp3) is 0.593. The van der Waals surface area contributed by atoms with Gasteiger partial charge >= 0.3 is 5.97 Å². The smallest absolute Gasteiger partial charge is 0.335 e. The lowest BCUT2D eigenvalue weighted by Gasteiger charge is -2.12. The molecule has 0 aliphatic carbocycles. The summed E-state index contributed by atoms with van der Waals surface area (Å²) in [6, 6.07) is 7.31. The molecule has 216 valence electrons. The predicted molar refractivity (Wildman–Crippen MR) is 137 cm³/mol. The van der Waals surface area contributed by atoms with Crippen molar-refractivity contribution < 1.29 is 52.4 Å². The minimum atomic E-state index is -0.697. The zero-order valence-electron chi connectivity index (χ0n) is 22.1. The lowest BCUT2D eigenvalue weighted by atomic mass is 10.2. The zero-order chi connectivity index (χ0) is 28.0. The van der Waals surface area contributed by atoms with Crippen molar-refractivity contribution in [2.24, 2.45) is 0 Å². The van der Waals surface area contributed by atoms with Gasteiger partial charge in [0, 0.05) is 18.4 Å². The van der Waals surface area contributed by atoms with Crippen molar-refractivity contribution in [1.82, 2.24) is 5.06 Å². The number of carbonyl (C=O) groups is 3. The third kappa shape index (κ3) is 15.2. The highest BCUT2D eigenvalue weighted by Crippen LogP contribution is 2.13. The molecule has 1 heterocycles. The van der Waals surface area contributed by atoms with Gasteiger partial charge in [0.1, 0.15) is 12.4 Å². The minimum absolute atomic E-state index is 0.0620. The minimum Gasteiger partial charge on any atom is -0.491 e. The Bertz CT molecular complexity index is 869. The molecule has 0 aromatic heterocycles. The molecule has 0 atom stereocenters. The summed E-state index contributed by atoms with van der Waals surface area (Å²) >= 11 is 0. The third-order valence-corrected chi connectivity index (χ3v) is 5.03. The highest BCUT2D eigenvalue weighted by atomic mass is 16.7. The van der Waals surface area contributed by atoms with Gasteiger partial charge in [-0.15, -0.1) is 11.5 Å². The molecule has 1 aromatic carbocycles. The van der Waals surface area contributed by atoms with Crippen LogP contribution in [0, 0.1) is 12.3 Å². The van der Waals surface area contributed by atoms with Crippen LogP contribution < -0.4 is 4.74 Å². The van der Waals surface area contributed by atoms with E-state index in [9.17, 15) is 14.4 Å². The van der Waals surface area contributed by atoms with Crippen LogP contribution in [-0.2, 0) is 47.6 Å². The van der Waals surface area contributed by atoms with E-state index in [1.807, 2.05) is 24.3 Å². The van der Waals surface area contributed by atoms with Gasteiger partial charge in [0.15, 0.2) is 0 Å². The molecule has 0 unspecified atom stereocenters. The molecule has 1 aromatic rings. The van der Waals surface area contributed by atoms with Crippen LogP contribution in [-0.4, -0.2) is 109 Å². The van der Waals surface area contributed by atoms with Gasteiger partial charge in [-0.05, 0) is 24.3 Å². The summed E-state index contributed by atoms with van der Waals surface area (Å²) < 4.78 is 37.9. The van der Waals surface area contributed by atoms with E-state index in [1.54, 1.807) is 0 Å². The van der Waals surface area contributed by atoms with Crippen LogP contribution in [0.5, 0.6) is 5.75 Å². The number of hydrogen-bond donors (Lipinski definition) is 0. The monoisotopic (exact) mass is 551 g/mol. The number of ether oxygens (including phenoxy) is 7. The Labute approximate surface area is 228 Å². The van der Waals surface area contributed by atoms with Crippen LogP contribution in [0.3, 0.4) is 0 Å². The number of amides is 2. The maximum absolute atomic E-state index is 11.6. The molecule has 1 fully saturated rings. The molecular weight excluding hydrogens is 514 g/mol. The average molecular weight is 552 g/mol. The number of nitrogens with zero attached hydrogens (tertiary/aromatic N) is 1. The second kappa shape index (κ2) is 20.9. The highest BCUT2D eigenvalue weighted by molar-refractivity contribution is 6.01. The van der Waals surface area contributed by atoms with Gasteiger partial charge in [0.25, 0.3) is 11.8 Å².